The van der Waals surface area contributed by atoms with E-state index in [2.05, 4.69) is 95.6 Å². The molecular weight excluding hydrogens is 657 g/mol. The quantitative estimate of drug-likeness (QED) is 0.152. The zero-order valence-electron chi connectivity index (χ0n) is 28.8. The molecule has 53 heavy (non-hydrogen) atoms. The Kier molecular flexibility index (Phi) is 8.43. The van der Waals surface area contributed by atoms with Crippen LogP contribution in [0.3, 0.4) is 0 Å². The first-order valence-corrected chi connectivity index (χ1v) is 17.6. The number of fused-ring (bicyclic) bond motifs is 8. The van der Waals surface area contributed by atoms with Gasteiger partial charge in [0.25, 0.3) is 0 Å². The van der Waals surface area contributed by atoms with Gasteiger partial charge in [0, 0.05) is 104 Å². The molecule has 6 N–H and O–H groups in total. The Morgan fingerprint density at radius 1 is 0.396 bits per heavy atom. The Hall–Kier alpha value is -6.97. The van der Waals surface area contributed by atoms with E-state index >= 15 is 0 Å². The first-order valence-electron chi connectivity index (χ1n) is 17.6. The van der Waals surface area contributed by atoms with E-state index in [1.165, 1.54) is 0 Å². The average molecular weight is 693 g/mol. The number of pyridine rings is 3. The van der Waals surface area contributed by atoms with Crippen molar-refractivity contribution in [2.24, 2.45) is 5.73 Å². The molecule has 0 amide bonds. The first kappa shape index (κ1) is 32.0. The third-order valence-electron chi connectivity index (χ3n) is 9.57. The lowest BCUT2D eigenvalue weighted by Crippen LogP contribution is -2.19. The van der Waals surface area contributed by atoms with Crippen LogP contribution in [0.4, 0.5) is 0 Å². The van der Waals surface area contributed by atoms with Crippen LogP contribution in [0.1, 0.15) is 51.5 Å². The van der Waals surface area contributed by atoms with Gasteiger partial charge >= 0.3 is 0 Å². The fourth-order valence-corrected chi connectivity index (χ4v) is 7.12. The van der Waals surface area contributed by atoms with E-state index in [1.54, 1.807) is 0 Å². The van der Waals surface area contributed by atoms with E-state index in [9.17, 15) is 0 Å². The summed E-state index contributed by atoms with van der Waals surface area (Å²) in [7, 11) is 0. The van der Waals surface area contributed by atoms with Crippen molar-refractivity contribution in [1.82, 2.24) is 34.9 Å². The van der Waals surface area contributed by atoms with Gasteiger partial charge in [-0.1, -0.05) is 12.1 Å². The lowest BCUT2D eigenvalue weighted by molar-refractivity contribution is 0.313. The maximum Gasteiger partial charge on any atom is 0.119 e. The molecule has 0 unspecified atom stereocenters. The van der Waals surface area contributed by atoms with Gasteiger partial charge in [-0.3, -0.25) is 15.0 Å². The normalized spacial score (nSPS) is 12.7. The summed E-state index contributed by atoms with van der Waals surface area (Å²) in [4.78, 5) is 28.2. The van der Waals surface area contributed by atoms with Crippen LogP contribution in [0, 0.1) is 0 Å². The smallest absolute Gasteiger partial charge is 0.119 e. The molecule has 9 heteroatoms. The maximum absolute atomic E-state index is 5.96. The summed E-state index contributed by atoms with van der Waals surface area (Å²) in [6, 6.07) is 37.7. The van der Waals surface area contributed by atoms with Gasteiger partial charge in [0.15, 0.2) is 0 Å². The highest BCUT2D eigenvalue weighted by atomic mass is 16.5. The monoisotopic (exact) mass is 692 g/mol. The summed E-state index contributed by atoms with van der Waals surface area (Å²) in [6.45, 7) is 1.17. The first-order chi connectivity index (χ1) is 26.2. The highest BCUT2D eigenvalue weighted by Crippen LogP contribution is 2.28. The van der Waals surface area contributed by atoms with E-state index in [1.807, 2.05) is 85.7 Å². The Morgan fingerprint density at radius 2 is 0.736 bits per heavy atom. The number of nitrogens with zero attached hydrogens (tertiary/aromatic N) is 3. The molecule has 9 rings (SSSR count). The maximum atomic E-state index is 5.96. The molecule has 7 aromatic heterocycles. The van der Waals surface area contributed by atoms with E-state index in [-0.39, 0.29) is 0 Å². The SMILES string of the molecule is NCCCOc1ccc(C2=c3ccc([nH]3)=C(c3ccncc3)c3ccc([nH]3)C(c3ccncc3)=c3ccc([nH]3)=C(c3ccncc3)c3ccc2[nH]3)cc1. The Morgan fingerprint density at radius 3 is 1.08 bits per heavy atom. The molecule has 258 valence electrons. The third-order valence-corrected chi connectivity index (χ3v) is 9.57. The fraction of sp³-hybridized carbons (Fsp3) is 0.0682. The van der Waals surface area contributed by atoms with Gasteiger partial charge in [0.1, 0.15) is 5.75 Å². The average Bonchev–Trinajstić information content (AvgIpc) is 4.05. The molecule has 1 aliphatic heterocycles. The molecule has 8 aromatic rings. The molecule has 9 nitrogen and oxygen atoms in total. The van der Waals surface area contributed by atoms with E-state index in [0.717, 1.165) is 101 Å². The number of benzene rings is 1. The van der Waals surface area contributed by atoms with Crippen molar-refractivity contribution >= 4 is 22.3 Å². The number of hydrogen-bond donors (Lipinski definition) is 5. The molecule has 0 aliphatic carbocycles. The second kappa shape index (κ2) is 14.0. The minimum atomic E-state index is 0.580. The van der Waals surface area contributed by atoms with E-state index < -0.39 is 0 Å². The zero-order chi connectivity index (χ0) is 35.6. The third kappa shape index (κ3) is 6.19. The van der Waals surface area contributed by atoms with E-state index in [4.69, 9.17) is 10.5 Å². The summed E-state index contributed by atoms with van der Waals surface area (Å²) in [5.41, 5.74) is 17.8. The standard InChI is InChI=1S/C44H36N8O/c45-20-1-27-53-32-4-2-28(3-5-32)41-33-6-8-35(49-33)42(29-14-21-46-22-15-29)37-10-12-39(51-37)44(31-18-25-48-26-19-31)40-13-11-38(52-40)43(30-16-23-47-24-17-30)36-9-7-34(41)50-36/h2-19,21-26,49-52H,1,20,27,45H2. The summed E-state index contributed by atoms with van der Waals surface area (Å²) in [5.74, 6) is 0.810. The van der Waals surface area contributed by atoms with Crippen LogP contribution in [0.2, 0.25) is 0 Å². The van der Waals surface area contributed by atoms with Gasteiger partial charge in [-0.15, -0.1) is 0 Å². The minimum absolute atomic E-state index is 0.580. The van der Waals surface area contributed by atoms with Gasteiger partial charge in [-0.2, -0.15) is 0 Å². The molecular formula is C44H36N8O. The number of rotatable bonds is 8. The highest BCUT2D eigenvalue weighted by molar-refractivity contribution is 5.84. The summed E-state index contributed by atoms with van der Waals surface area (Å²) in [5, 5.41) is 3.87. The van der Waals surface area contributed by atoms with Crippen LogP contribution in [-0.2, 0) is 0 Å². The minimum Gasteiger partial charge on any atom is -0.494 e. The molecule has 0 saturated carbocycles. The molecule has 0 radical (unpaired) electrons. The molecule has 0 fully saturated rings. The van der Waals surface area contributed by atoms with Crippen molar-refractivity contribution in [2.45, 2.75) is 6.42 Å². The molecule has 0 spiro atoms. The fourth-order valence-electron chi connectivity index (χ4n) is 7.12. The predicted molar refractivity (Wildman–Crippen MR) is 206 cm³/mol. The van der Waals surface area contributed by atoms with Crippen LogP contribution in [0.5, 0.6) is 5.75 Å². The van der Waals surface area contributed by atoms with Gasteiger partial charge in [0.2, 0.25) is 0 Å². The number of H-pyrrole nitrogens is 4. The van der Waals surface area contributed by atoms with Gasteiger partial charge in [-0.25, -0.2) is 0 Å². The zero-order valence-corrected chi connectivity index (χ0v) is 28.8. The van der Waals surface area contributed by atoms with E-state index in [0.29, 0.717) is 13.2 Å². The summed E-state index contributed by atoms with van der Waals surface area (Å²) >= 11 is 0. The molecule has 0 saturated heterocycles. The number of nitrogens with two attached hydrogens (primary N) is 1. The lowest BCUT2D eigenvalue weighted by atomic mass is 10.0. The van der Waals surface area contributed by atoms with Crippen LogP contribution in [0.25, 0.3) is 22.3 Å². The van der Waals surface area contributed by atoms with Crippen molar-refractivity contribution < 1.29 is 4.74 Å². The predicted octanol–water partition coefficient (Wildman–Crippen LogP) is 4.21. The highest BCUT2D eigenvalue weighted by Gasteiger charge is 2.18. The molecule has 1 aliphatic rings. The van der Waals surface area contributed by atoms with Crippen molar-refractivity contribution in [3.63, 3.8) is 0 Å². The van der Waals surface area contributed by atoms with Crippen molar-refractivity contribution in [2.75, 3.05) is 13.2 Å². The van der Waals surface area contributed by atoms with Crippen molar-refractivity contribution in [3.8, 4) is 5.75 Å². The number of aromatic amines is 4. The number of hydrogen-bond acceptors (Lipinski definition) is 5. The largest absolute Gasteiger partial charge is 0.494 e. The van der Waals surface area contributed by atoms with Gasteiger partial charge < -0.3 is 30.4 Å². The Bertz CT molecular complexity index is 2770. The molecule has 8 bridgehead atoms. The Balaban J connectivity index is 1.37. The molecule has 1 aromatic carbocycles. The van der Waals surface area contributed by atoms with Gasteiger partial charge in [0.05, 0.1) is 6.61 Å². The lowest BCUT2D eigenvalue weighted by Gasteiger charge is -2.10. The second-order valence-corrected chi connectivity index (χ2v) is 12.9. The topological polar surface area (TPSA) is 137 Å². The summed E-state index contributed by atoms with van der Waals surface area (Å²) < 4.78 is 5.96. The number of nitrogens with one attached hydrogen (secondary N) is 4. The van der Waals surface area contributed by atoms with Crippen LogP contribution < -0.4 is 31.9 Å². The summed E-state index contributed by atoms with van der Waals surface area (Å²) in [6.07, 6.45) is 11.8. The van der Waals surface area contributed by atoms with Crippen molar-refractivity contribution in [3.05, 3.63) is 213 Å². The van der Waals surface area contributed by atoms with Crippen LogP contribution >= 0.6 is 0 Å². The van der Waals surface area contributed by atoms with Crippen LogP contribution in [0.15, 0.2) is 146 Å². The van der Waals surface area contributed by atoms with Crippen molar-refractivity contribution in [1.29, 1.82) is 0 Å². The Labute approximate surface area is 305 Å². The molecule has 8 heterocycles. The number of aromatic nitrogens is 7. The second-order valence-electron chi connectivity index (χ2n) is 12.9. The number of ether oxygens (including phenoxy) is 1. The van der Waals surface area contributed by atoms with Crippen LogP contribution in [-0.4, -0.2) is 48.0 Å². The molecule has 0 atom stereocenters. The van der Waals surface area contributed by atoms with Gasteiger partial charge in [-0.05, 0) is 132 Å².